The Labute approximate surface area is 191 Å². The third kappa shape index (κ3) is 2.54. The number of nitrogens with zero attached hydrogens (tertiary/aromatic N) is 4. The summed E-state index contributed by atoms with van der Waals surface area (Å²) in [5, 5.41) is 7.06. The summed E-state index contributed by atoms with van der Waals surface area (Å²) in [4.78, 5) is 9.58. The highest BCUT2D eigenvalue weighted by molar-refractivity contribution is 7.00. The molecule has 7 aromatic rings. The molecule has 0 radical (unpaired) electrons. The molecule has 7 heteroatoms. The molecule has 0 aliphatic heterocycles. The van der Waals surface area contributed by atoms with Crippen LogP contribution in [-0.4, -0.2) is 18.7 Å². The maximum Gasteiger partial charge on any atom is 0.132 e. The maximum absolute atomic E-state index is 6.43. The zero-order valence-electron chi connectivity index (χ0n) is 17.3. The van der Waals surface area contributed by atoms with E-state index in [0.29, 0.717) is 33.4 Å². The molecule has 33 heavy (non-hydrogen) atoms. The molecule has 5 aromatic carbocycles. The van der Waals surface area contributed by atoms with Crippen LogP contribution in [0.15, 0.2) is 72.9 Å². The molecule has 0 bridgehead atoms. The highest BCUT2D eigenvalue weighted by Crippen LogP contribution is 2.38. The van der Waals surface area contributed by atoms with Gasteiger partial charge in [0.25, 0.3) is 0 Å². The largest absolute Gasteiger partial charge is 0.395 e. The SMILES string of the molecule is Nc1c2ncc(-c3cccc4ccc5cc6ccccc6cc5c34)nc2c(N)c2nsnc12. The van der Waals surface area contributed by atoms with Crippen molar-refractivity contribution in [2.24, 2.45) is 0 Å². The van der Waals surface area contributed by atoms with E-state index < -0.39 is 0 Å². The predicted molar refractivity (Wildman–Crippen MR) is 137 cm³/mol. The van der Waals surface area contributed by atoms with Gasteiger partial charge < -0.3 is 11.5 Å². The minimum atomic E-state index is 0.452. The van der Waals surface area contributed by atoms with Crippen LogP contribution in [0.2, 0.25) is 0 Å². The number of aromatic nitrogens is 4. The third-order valence-electron chi connectivity index (χ3n) is 6.28. The molecular formula is C26H16N6S. The Morgan fingerprint density at radius 2 is 1.33 bits per heavy atom. The quantitative estimate of drug-likeness (QED) is 0.141. The number of fused-ring (bicyclic) bond motifs is 6. The van der Waals surface area contributed by atoms with Crippen LogP contribution in [0.5, 0.6) is 0 Å². The van der Waals surface area contributed by atoms with Gasteiger partial charge in [0.1, 0.15) is 22.1 Å². The number of rotatable bonds is 1. The van der Waals surface area contributed by atoms with Gasteiger partial charge in [-0.15, -0.1) is 0 Å². The molecule has 0 atom stereocenters. The van der Waals surface area contributed by atoms with Crippen molar-refractivity contribution in [2.45, 2.75) is 0 Å². The summed E-state index contributed by atoms with van der Waals surface area (Å²) in [6.45, 7) is 0. The molecule has 6 nitrogen and oxygen atoms in total. The van der Waals surface area contributed by atoms with E-state index in [0.717, 1.165) is 33.8 Å². The van der Waals surface area contributed by atoms with Crippen LogP contribution < -0.4 is 11.5 Å². The van der Waals surface area contributed by atoms with Gasteiger partial charge in [-0.05, 0) is 44.5 Å². The lowest BCUT2D eigenvalue weighted by Crippen LogP contribution is -2.00. The predicted octanol–water partition coefficient (Wildman–Crippen LogP) is 5.93. The second kappa shape index (κ2) is 6.57. The van der Waals surface area contributed by atoms with Gasteiger partial charge >= 0.3 is 0 Å². The monoisotopic (exact) mass is 444 g/mol. The molecule has 0 saturated heterocycles. The number of anilines is 2. The number of hydrogen-bond acceptors (Lipinski definition) is 7. The normalized spacial score (nSPS) is 11.9. The smallest absolute Gasteiger partial charge is 0.132 e. The molecule has 0 aliphatic rings. The summed E-state index contributed by atoms with van der Waals surface area (Å²) in [6.07, 6.45) is 1.76. The summed E-state index contributed by atoms with van der Waals surface area (Å²) >= 11 is 1.08. The van der Waals surface area contributed by atoms with Gasteiger partial charge in [-0.2, -0.15) is 8.75 Å². The van der Waals surface area contributed by atoms with Crippen LogP contribution in [0.3, 0.4) is 0 Å². The van der Waals surface area contributed by atoms with E-state index in [-0.39, 0.29) is 0 Å². The zero-order chi connectivity index (χ0) is 22.1. The Hall–Kier alpha value is -4.36. The van der Waals surface area contributed by atoms with Gasteiger partial charge in [-0.1, -0.05) is 54.6 Å². The summed E-state index contributed by atoms with van der Waals surface area (Å²) < 4.78 is 8.58. The van der Waals surface area contributed by atoms with Crippen molar-refractivity contribution in [3.63, 3.8) is 0 Å². The fourth-order valence-electron chi connectivity index (χ4n) is 4.69. The molecule has 0 amide bonds. The van der Waals surface area contributed by atoms with Gasteiger partial charge in [0.05, 0.1) is 35.0 Å². The number of nitrogen functional groups attached to an aromatic ring is 2. The van der Waals surface area contributed by atoms with Gasteiger partial charge in [-0.25, -0.2) is 9.97 Å². The molecule has 0 fully saturated rings. The van der Waals surface area contributed by atoms with Gasteiger partial charge in [0, 0.05) is 5.56 Å². The molecule has 0 aliphatic carbocycles. The van der Waals surface area contributed by atoms with Crippen LogP contribution in [0.1, 0.15) is 0 Å². The molecule has 4 N–H and O–H groups in total. The van der Waals surface area contributed by atoms with E-state index in [1.165, 1.54) is 21.5 Å². The summed E-state index contributed by atoms with van der Waals surface area (Å²) in [5.41, 5.74) is 17.6. The maximum atomic E-state index is 6.43. The molecule has 0 spiro atoms. The first-order chi connectivity index (χ1) is 16.2. The lowest BCUT2D eigenvalue weighted by Gasteiger charge is -2.12. The topological polar surface area (TPSA) is 104 Å². The van der Waals surface area contributed by atoms with Crippen molar-refractivity contribution >= 4 is 77.5 Å². The minimum absolute atomic E-state index is 0.452. The van der Waals surface area contributed by atoms with Gasteiger partial charge in [-0.3, -0.25) is 0 Å². The van der Waals surface area contributed by atoms with Crippen LogP contribution in [0.4, 0.5) is 11.4 Å². The zero-order valence-corrected chi connectivity index (χ0v) is 18.1. The highest BCUT2D eigenvalue weighted by Gasteiger charge is 2.18. The summed E-state index contributed by atoms with van der Waals surface area (Å²) in [5.74, 6) is 0. The summed E-state index contributed by atoms with van der Waals surface area (Å²) in [6, 6.07) is 23.5. The first-order valence-electron chi connectivity index (χ1n) is 10.5. The molecule has 7 rings (SSSR count). The first kappa shape index (κ1) is 18.2. The fourth-order valence-corrected chi connectivity index (χ4v) is 5.26. The number of benzene rings is 5. The molecule has 0 unspecified atom stereocenters. The van der Waals surface area contributed by atoms with E-state index in [4.69, 9.17) is 16.5 Å². The van der Waals surface area contributed by atoms with Crippen molar-refractivity contribution in [3.8, 4) is 11.3 Å². The lowest BCUT2D eigenvalue weighted by atomic mass is 9.94. The van der Waals surface area contributed by atoms with E-state index >= 15 is 0 Å². The standard InChI is InChI=1S/C26H16N6S/c27-21-23-24(22(28)26-25(21)31-33-32-26)30-19(12-29-23)17-7-3-6-13-8-9-16-10-14-4-1-2-5-15(14)11-18(16)20(13)17/h1-12H,27-28H2. The lowest BCUT2D eigenvalue weighted by molar-refractivity contribution is 1.30. The van der Waals surface area contributed by atoms with Crippen molar-refractivity contribution in [1.82, 2.24) is 18.7 Å². The van der Waals surface area contributed by atoms with Crippen LogP contribution >= 0.6 is 11.7 Å². The first-order valence-corrected chi connectivity index (χ1v) is 11.2. The Kier molecular flexibility index (Phi) is 3.63. The summed E-state index contributed by atoms with van der Waals surface area (Å²) in [7, 11) is 0. The second-order valence-electron chi connectivity index (χ2n) is 8.13. The van der Waals surface area contributed by atoms with Crippen molar-refractivity contribution < 1.29 is 0 Å². The van der Waals surface area contributed by atoms with Gasteiger partial charge in [0.15, 0.2) is 0 Å². The average Bonchev–Trinajstić information content (AvgIpc) is 3.36. The van der Waals surface area contributed by atoms with Crippen LogP contribution in [0, 0.1) is 0 Å². The molecule has 0 saturated carbocycles. The van der Waals surface area contributed by atoms with E-state index in [2.05, 4.69) is 74.4 Å². The Morgan fingerprint density at radius 1 is 0.636 bits per heavy atom. The van der Waals surface area contributed by atoms with Crippen molar-refractivity contribution in [1.29, 1.82) is 0 Å². The van der Waals surface area contributed by atoms with E-state index in [1.54, 1.807) is 6.20 Å². The Balaban J connectivity index is 1.58. The second-order valence-corrected chi connectivity index (χ2v) is 8.66. The van der Waals surface area contributed by atoms with Crippen molar-refractivity contribution in [2.75, 3.05) is 11.5 Å². The molecule has 156 valence electrons. The fraction of sp³-hybridized carbons (Fsp3) is 0. The average molecular weight is 445 g/mol. The molecular weight excluding hydrogens is 428 g/mol. The third-order valence-corrected chi connectivity index (χ3v) is 6.81. The number of nitrogens with two attached hydrogens (primary N) is 2. The minimum Gasteiger partial charge on any atom is -0.395 e. The molecule has 2 heterocycles. The Bertz CT molecular complexity index is 1910. The number of hydrogen-bond donors (Lipinski definition) is 2. The molecule has 2 aromatic heterocycles. The van der Waals surface area contributed by atoms with Crippen LogP contribution in [-0.2, 0) is 0 Å². The van der Waals surface area contributed by atoms with Crippen molar-refractivity contribution in [3.05, 3.63) is 72.9 Å². The highest BCUT2D eigenvalue weighted by atomic mass is 32.1. The van der Waals surface area contributed by atoms with E-state index in [1.807, 2.05) is 6.07 Å². The Morgan fingerprint density at radius 3 is 2.15 bits per heavy atom. The van der Waals surface area contributed by atoms with Gasteiger partial charge in [0.2, 0.25) is 0 Å². The van der Waals surface area contributed by atoms with Crippen LogP contribution in [0.25, 0.3) is 65.6 Å². The van der Waals surface area contributed by atoms with E-state index in [9.17, 15) is 0 Å².